The van der Waals surface area contributed by atoms with Gasteiger partial charge in [-0.05, 0) is 111 Å². The predicted molar refractivity (Wildman–Crippen MR) is 260 cm³/mol. The van der Waals surface area contributed by atoms with E-state index in [2.05, 4.69) is 228 Å². The van der Waals surface area contributed by atoms with Crippen molar-refractivity contribution < 1.29 is 0 Å². The number of hydrogen-bond donors (Lipinski definition) is 0. The molecule has 0 N–H and O–H groups in total. The average molecular weight is 802 g/mol. The van der Waals surface area contributed by atoms with Gasteiger partial charge in [-0.1, -0.05) is 156 Å². The van der Waals surface area contributed by atoms with Crippen LogP contribution < -0.4 is 15.3 Å². The number of aromatic nitrogens is 2. The van der Waals surface area contributed by atoms with Crippen LogP contribution in [0.5, 0.6) is 0 Å². The maximum absolute atomic E-state index is 5.13. The van der Waals surface area contributed by atoms with Crippen LogP contribution in [0.1, 0.15) is 19.4 Å². The first-order valence-electron chi connectivity index (χ1n) is 21.0. The normalized spacial score (nSPS) is 11.9. The third-order valence-corrected chi connectivity index (χ3v) is 15.3. The van der Waals surface area contributed by atoms with Crippen molar-refractivity contribution in [2.45, 2.75) is 59.6 Å². The van der Waals surface area contributed by atoms with Crippen LogP contribution in [0, 0.1) is 5.92 Å². The van der Waals surface area contributed by atoms with Crippen LogP contribution in [-0.2, 0) is 6.42 Å². The number of benzene rings is 6. The van der Waals surface area contributed by atoms with Crippen LogP contribution in [0.3, 0.4) is 0 Å². The molecular weight excluding hydrogens is 747 g/mol. The Labute approximate surface area is 353 Å². The Balaban J connectivity index is 1.43. The van der Waals surface area contributed by atoms with Crippen LogP contribution in [0.4, 0.5) is 17.1 Å². The number of nitrogens with zero attached hydrogens (tertiary/aromatic N) is 3. The molecule has 59 heavy (non-hydrogen) atoms. The molecule has 0 saturated heterocycles. The second-order valence-electron chi connectivity index (χ2n) is 18.4. The van der Waals surface area contributed by atoms with Crippen LogP contribution in [-0.4, -0.2) is 26.1 Å². The molecule has 0 aliphatic rings. The Bertz CT molecular complexity index is 2570. The third-order valence-electron chi connectivity index (χ3n) is 11.3. The molecule has 0 amide bonds. The van der Waals surface area contributed by atoms with Crippen molar-refractivity contribution in [3.05, 3.63) is 176 Å². The van der Waals surface area contributed by atoms with Gasteiger partial charge in [-0.15, -0.1) is 0 Å². The van der Waals surface area contributed by atoms with Crippen molar-refractivity contribution in [2.24, 2.45) is 5.92 Å². The van der Waals surface area contributed by atoms with Gasteiger partial charge in [0.15, 0.2) is 0 Å². The van der Waals surface area contributed by atoms with Gasteiger partial charge >= 0.3 is 0 Å². The summed E-state index contributed by atoms with van der Waals surface area (Å²) >= 11 is 0. The van der Waals surface area contributed by atoms with Gasteiger partial charge < -0.3 is 4.90 Å². The zero-order chi connectivity index (χ0) is 41.3. The monoisotopic (exact) mass is 801 g/mol. The Morgan fingerprint density at radius 3 is 1.31 bits per heavy atom. The van der Waals surface area contributed by atoms with Gasteiger partial charge in [-0.2, -0.15) is 0 Å². The molecule has 2 aromatic heterocycles. The highest BCUT2D eigenvalue weighted by atomic mass is 28.3. The second-order valence-corrected chi connectivity index (χ2v) is 28.5. The van der Waals surface area contributed by atoms with Gasteiger partial charge in [0.2, 0.25) is 0 Å². The van der Waals surface area contributed by atoms with E-state index in [1.807, 2.05) is 0 Å². The van der Waals surface area contributed by atoms with E-state index in [-0.39, 0.29) is 0 Å². The second kappa shape index (κ2) is 16.4. The molecule has 8 aromatic rings. The number of pyridine rings is 2. The molecule has 6 aromatic carbocycles. The van der Waals surface area contributed by atoms with E-state index in [4.69, 9.17) is 9.97 Å². The summed E-state index contributed by atoms with van der Waals surface area (Å²) in [5.41, 5.74) is 13.3. The molecule has 0 unspecified atom stereocenters. The Morgan fingerprint density at radius 1 is 0.441 bits per heavy atom. The molecule has 0 saturated carbocycles. The predicted octanol–water partition coefficient (Wildman–Crippen LogP) is 14.1. The Kier molecular flexibility index (Phi) is 11.1. The highest BCUT2D eigenvalue weighted by molar-refractivity contribution is 6.89. The lowest BCUT2D eigenvalue weighted by Crippen LogP contribution is -2.37. The lowest BCUT2D eigenvalue weighted by atomic mass is 9.94. The average Bonchev–Trinajstić information content (AvgIpc) is 3.24. The van der Waals surface area contributed by atoms with Crippen molar-refractivity contribution in [3.63, 3.8) is 0 Å². The molecule has 294 valence electrons. The molecular formula is C54H55N3Si2. The van der Waals surface area contributed by atoms with Crippen LogP contribution in [0.25, 0.3) is 55.5 Å². The SMILES string of the molecule is CC(C)Cc1ccc(N(c2cc(-c3ccccc3)cc(-c3ccc([Si](C)(C)C)cn3)c2)c2cc(-c3ccccc3)cc(-c3ccc([Si](C)(C)C)cn3)c2)c2ccccc12. The fourth-order valence-electron chi connectivity index (χ4n) is 7.97. The van der Waals surface area contributed by atoms with E-state index < -0.39 is 16.1 Å². The Hall–Kier alpha value is -5.89. The minimum absolute atomic E-state index is 0.537. The summed E-state index contributed by atoms with van der Waals surface area (Å²) in [4.78, 5) is 12.7. The Morgan fingerprint density at radius 2 is 0.881 bits per heavy atom. The molecule has 0 fully saturated rings. The van der Waals surface area contributed by atoms with Gasteiger partial charge in [0, 0.05) is 40.3 Å². The van der Waals surface area contributed by atoms with Crippen LogP contribution in [0.15, 0.2) is 170 Å². The van der Waals surface area contributed by atoms with E-state index in [1.165, 1.54) is 26.7 Å². The maximum Gasteiger partial charge on any atom is 0.0796 e. The summed E-state index contributed by atoms with van der Waals surface area (Å²) < 4.78 is 0. The van der Waals surface area contributed by atoms with Gasteiger partial charge in [0.1, 0.15) is 0 Å². The zero-order valence-electron chi connectivity index (χ0n) is 35.8. The van der Waals surface area contributed by atoms with Crippen molar-refractivity contribution in [1.29, 1.82) is 0 Å². The molecule has 0 spiro atoms. The van der Waals surface area contributed by atoms with Gasteiger partial charge in [-0.25, -0.2) is 0 Å². The highest BCUT2D eigenvalue weighted by Gasteiger charge is 2.23. The summed E-state index contributed by atoms with van der Waals surface area (Å²) in [6.45, 7) is 18.9. The van der Waals surface area contributed by atoms with E-state index in [1.54, 1.807) is 0 Å². The first-order valence-corrected chi connectivity index (χ1v) is 28.0. The van der Waals surface area contributed by atoms with Crippen molar-refractivity contribution in [1.82, 2.24) is 9.97 Å². The standard InChI is InChI=1S/C54H55N3Si2/c1-38(2)29-41-23-28-54(51-22-16-15-21-50(41)51)57(46-32-42(39-17-11-9-12-18-39)30-44(34-46)52-26-24-48(36-55-52)58(3,4)5)47-33-43(40-19-13-10-14-20-40)31-45(35-47)53-27-25-49(37-56-53)59(6,7)8/h9-28,30-38H,29H2,1-8H3. The molecule has 8 rings (SSSR count). The molecule has 0 aliphatic carbocycles. The maximum atomic E-state index is 5.13. The summed E-state index contributed by atoms with van der Waals surface area (Å²) in [7, 11) is -3.07. The minimum Gasteiger partial charge on any atom is -0.310 e. The number of anilines is 3. The lowest BCUT2D eigenvalue weighted by molar-refractivity contribution is 0.650. The highest BCUT2D eigenvalue weighted by Crippen LogP contribution is 2.45. The number of hydrogen-bond acceptors (Lipinski definition) is 3. The van der Waals surface area contributed by atoms with Crippen LogP contribution >= 0.6 is 0 Å². The van der Waals surface area contributed by atoms with E-state index >= 15 is 0 Å². The molecule has 0 atom stereocenters. The lowest BCUT2D eigenvalue weighted by Gasteiger charge is -2.29. The third kappa shape index (κ3) is 8.78. The van der Waals surface area contributed by atoms with Crippen molar-refractivity contribution in [3.8, 4) is 44.8 Å². The first kappa shape index (κ1) is 39.9. The number of rotatable bonds is 11. The molecule has 5 heteroatoms. The minimum atomic E-state index is -1.53. The topological polar surface area (TPSA) is 29.0 Å². The van der Waals surface area contributed by atoms with Crippen LogP contribution in [0.2, 0.25) is 39.3 Å². The van der Waals surface area contributed by atoms with Gasteiger partial charge in [0.05, 0.1) is 33.2 Å². The van der Waals surface area contributed by atoms with E-state index in [9.17, 15) is 0 Å². The molecule has 3 nitrogen and oxygen atoms in total. The molecule has 0 bridgehead atoms. The summed E-state index contributed by atoms with van der Waals surface area (Å²) in [5.74, 6) is 0.537. The molecule has 0 aliphatic heterocycles. The summed E-state index contributed by atoms with van der Waals surface area (Å²) in [6.07, 6.45) is 5.22. The smallest absolute Gasteiger partial charge is 0.0796 e. The fourth-order valence-corrected chi connectivity index (χ4v) is 10.0. The quantitative estimate of drug-likeness (QED) is 0.122. The molecule has 2 heterocycles. The summed E-state index contributed by atoms with van der Waals surface area (Å²) in [5, 5.41) is 5.22. The molecule has 0 radical (unpaired) electrons. The van der Waals surface area contributed by atoms with E-state index in [0.717, 1.165) is 68.3 Å². The summed E-state index contributed by atoms with van der Waals surface area (Å²) in [6, 6.07) is 58.1. The van der Waals surface area contributed by atoms with Crippen molar-refractivity contribution >= 4 is 54.4 Å². The first-order chi connectivity index (χ1) is 28.3. The van der Waals surface area contributed by atoms with Gasteiger partial charge in [0.25, 0.3) is 0 Å². The van der Waals surface area contributed by atoms with Gasteiger partial charge in [-0.3, -0.25) is 9.97 Å². The number of fused-ring (bicyclic) bond motifs is 1. The largest absolute Gasteiger partial charge is 0.310 e. The van der Waals surface area contributed by atoms with Crippen molar-refractivity contribution in [2.75, 3.05) is 4.90 Å². The van der Waals surface area contributed by atoms with E-state index in [0.29, 0.717) is 5.92 Å². The zero-order valence-corrected chi connectivity index (χ0v) is 37.8. The fraction of sp³-hybridized carbons (Fsp3) is 0.185.